The number of hydrogen-bond donors (Lipinski definition) is 3. The minimum Gasteiger partial charge on any atom is -0.469 e. The van der Waals surface area contributed by atoms with Crippen LogP contribution in [0.25, 0.3) is 0 Å². The van der Waals surface area contributed by atoms with E-state index in [0.29, 0.717) is 27.7 Å². The minimum atomic E-state index is -0.797. The first-order valence-electron chi connectivity index (χ1n) is 11.8. The molecule has 188 valence electrons. The van der Waals surface area contributed by atoms with Crippen LogP contribution in [-0.4, -0.2) is 17.6 Å². The molecule has 1 aliphatic heterocycles. The molecular formula is C29H28N4O3S. The number of furan rings is 1. The number of amides is 2. The maximum atomic E-state index is 13.5. The van der Waals surface area contributed by atoms with Gasteiger partial charge in [-0.15, -0.1) is 0 Å². The highest BCUT2D eigenvalue weighted by atomic mass is 32.2. The first-order valence-corrected chi connectivity index (χ1v) is 12.8. The van der Waals surface area contributed by atoms with E-state index in [0.717, 1.165) is 22.4 Å². The summed E-state index contributed by atoms with van der Waals surface area (Å²) in [6.07, 6.45) is 1.51. The fraction of sp³-hybridized carbons (Fsp3) is 0.207. The van der Waals surface area contributed by atoms with Crippen molar-refractivity contribution in [2.45, 2.75) is 26.7 Å². The summed E-state index contributed by atoms with van der Waals surface area (Å²) in [6, 6.07) is 19.0. The summed E-state index contributed by atoms with van der Waals surface area (Å²) in [5.74, 6) is -1.46. The Morgan fingerprint density at radius 3 is 2.49 bits per heavy atom. The molecule has 8 heteroatoms. The monoisotopic (exact) mass is 512 g/mol. The van der Waals surface area contributed by atoms with Crippen molar-refractivity contribution in [2.24, 2.45) is 5.92 Å². The van der Waals surface area contributed by atoms with Gasteiger partial charge in [0.2, 0.25) is 11.8 Å². The van der Waals surface area contributed by atoms with Gasteiger partial charge in [-0.05, 0) is 56.2 Å². The van der Waals surface area contributed by atoms with Crippen molar-refractivity contribution in [3.63, 3.8) is 0 Å². The Hall–Kier alpha value is -4.22. The third-order valence-corrected chi connectivity index (χ3v) is 7.21. The van der Waals surface area contributed by atoms with Crippen LogP contribution in [-0.2, 0) is 9.59 Å². The van der Waals surface area contributed by atoms with Crippen LogP contribution in [0.15, 0.2) is 88.2 Å². The minimum absolute atomic E-state index is 0.0685. The fourth-order valence-corrected chi connectivity index (χ4v) is 5.20. The van der Waals surface area contributed by atoms with Crippen LogP contribution < -0.4 is 16.0 Å². The van der Waals surface area contributed by atoms with Crippen LogP contribution in [0, 0.1) is 38.0 Å². The van der Waals surface area contributed by atoms with Crippen molar-refractivity contribution in [1.82, 2.24) is 5.32 Å². The standard InChI is InChI=1S/C29H28N4O3S/c1-17-11-12-23(19(3)14-17)32-25(34)16-37-29-21(15-30)27(24-10-7-13-36-24)26(20(4)31-29)28(35)33-22-9-6-5-8-18(22)2/h5-14,26-27,31H,4,16H2,1-3H3,(H,32,34)(H,33,35). The zero-order chi connectivity index (χ0) is 26.5. The number of aryl methyl sites for hydroxylation is 3. The molecule has 2 amide bonds. The smallest absolute Gasteiger partial charge is 0.234 e. The molecular weight excluding hydrogens is 484 g/mol. The number of thioether (sulfide) groups is 1. The van der Waals surface area contributed by atoms with Crippen LogP contribution in [0.4, 0.5) is 11.4 Å². The Morgan fingerprint density at radius 1 is 1.05 bits per heavy atom. The maximum Gasteiger partial charge on any atom is 0.234 e. The third-order valence-electron chi connectivity index (χ3n) is 6.20. The molecule has 1 aromatic heterocycles. The molecule has 0 saturated heterocycles. The summed E-state index contributed by atoms with van der Waals surface area (Å²) < 4.78 is 5.66. The number of nitrogens with one attached hydrogen (secondary N) is 3. The molecule has 0 aliphatic carbocycles. The van der Waals surface area contributed by atoms with Crippen LogP contribution in [0.5, 0.6) is 0 Å². The number of anilines is 2. The highest BCUT2D eigenvalue weighted by Crippen LogP contribution is 2.43. The van der Waals surface area contributed by atoms with E-state index in [9.17, 15) is 14.9 Å². The van der Waals surface area contributed by atoms with Gasteiger partial charge < -0.3 is 20.4 Å². The van der Waals surface area contributed by atoms with E-state index in [4.69, 9.17) is 4.42 Å². The Bertz CT molecular complexity index is 1420. The normalized spacial score (nSPS) is 17.1. The SMILES string of the molecule is C=C1NC(SCC(=O)Nc2ccc(C)cc2C)=C(C#N)C(c2ccco2)C1C(=O)Nc1ccccc1C. The highest BCUT2D eigenvalue weighted by molar-refractivity contribution is 8.03. The molecule has 7 nitrogen and oxygen atoms in total. The number of hydrogen-bond acceptors (Lipinski definition) is 6. The lowest BCUT2D eigenvalue weighted by Crippen LogP contribution is -2.39. The third kappa shape index (κ3) is 5.79. The number of carbonyl (C=O) groups excluding carboxylic acids is 2. The van der Waals surface area contributed by atoms with Gasteiger partial charge in [0.25, 0.3) is 0 Å². The van der Waals surface area contributed by atoms with Crippen LogP contribution >= 0.6 is 11.8 Å². The maximum absolute atomic E-state index is 13.5. The van der Waals surface area contributed by atoms with Crippen molar-refractivity contribution >= 4 is 35.0 Å². The molecule has 0 bridgehead atoms. The van der Waals surface area contributed by atoms with Gasteiger partial charge in [-0.3, -0.25) is 9.59 Å². The molecule has 0 saturated carbocycles. The average Bonchev–Trinajstić information content (AvgIpc) is 3.40. The van der Waals surface area contributed by atoms with Crippen LogP contribution in [0.3, 0.4) is 0 Å². The largest absolute Gasteiger partial charge is 0.469 e. The number of benzene rings is 2. The predicted octanol–water partition coefficient (Wildman–Crippen LogP) is 5.77. The van der Waals surface area contributed by atoms with Crippen LogP contribution in [0.2, 0.25) is 0 Å². The molecule has 37 heavy (non-hydrogen) atoms. The summed E-state index contributed by atoms with van der Waals surface area (Å²) in [5, 5.41) is 19.6. The van der Waals surface area contributed by atoms with Gasteiger partial charge in [0, 0.05) is 17.1 Å². The van der Waals surface area contributed by atoms with Crippen molar-refractivity contribution < 1.29 is 14.0 Å². The topological polar surface area (TPSA) is 107 Å². The highest BCUT2D eigenvalue weighted by Gasteiger charge is 2.42. The van der Waals surface area contributed by atoms with Crippen molar-refractivity contribution in [3.8, 4) is 6.07 Å². The first-order chi connectivity index (χ1) is 17.8. The van der Waals surface area contributed by atoms with Gasteiger partial charge in [-0.1, -0.05) is 54.2 Å². The van der Waals surface area contributed by atoms with Crippen LogP contribution in [0.1, 0.15) is 28.4 Å². The molecule has 3 N–H and O–H groups in total. The molecule has 3 aromatic rings. The molecule has 2 heterocycles. The van der Waals surface area contributed by atoms with Crippen molar-refractivity contribution in [3.05, 3.63) is 106 Å². The summed E-state index contributed by atoms with van der Waals surface area (Å²) in [7, 11) is 0. The van der Waals surface area contributed by atoms with Gasteiger partial charge in [0.15, 0.2) is 0 Å². The quantitative estimate of drug-likeness (QED) is 0.371. The van der Waals surface area contributed by atoms with E-state index in [-0.39, 0.29) is 17.6 Å². The zero-order valence-corrected chi connectivity index (χ0v) is 21.7. The summed E-state index contributed by atoms with van der Waals surface area (Å²) >= 11 is 1.19. The van der Waals surface area contributed by atoms with Crippen molar-refractivity contribution in [2.75, 3.05) is 16.4 Å². The molecule has 0 spiro atoms. The van der Waals surface area contributed by atoms with Gasteiger partial charge >= 0.3 is 0 Å². The molecule has 2 atom stereocenters. The van der Waals surface area contributed by atoms with E-state index in [2.05, 4.69) is 28.6 Å². The molecule has 4 rings (SSSR count). The fourth-order valence-electron chi connectivity index (χ4n) is 4.32. The lowest BCUT2D eigenvalue weighted by molar-refractivity contribution is -0.119. The molecule has 2 unspecified atom stereocenters. The number of nitrogens with zero attached hydrogens (tertiary/aromatic N) is 1. The number of carbonyl (C=O) groups is 2. The Morgan fingerprint density at radius 2 is 1.81 bits per heavy atom. The summed E-state index contributed by atoms with van der Waals surface area (Å²) in [4.78, 5) is 26.2. The second kappa shape index (κ2) is 11.2. The van der Waals surface area contributed by atoms with Gasteiger partial charge in [0.1, 0.15) is 5.76 Å². The predicted molar refractivity (Wildman–Crippen MR) is 147 cm³/mol. The van der Waals surface area contributed by atoms with E-state index < -0.39 is 11.8 Å². The molecule has 0 radical (unpaired) electrons. The zero-order valence-electron chi connectivity index (χ0n) is 20.9. The average molecular weight is 513 g/mol. The lowest BCUT2D eigenvalue weighted by atomic mass is 9.80. The number of allylic oxidation sites excluding steroid dienone is 1. The second-order valence-corrected chi connectivity index (χ2v) is 9.92. The van der Waals surface area contributed by atoms with Gasteiger partial charge in [-0.25, -0.2) is 0 Å². The lowest BCUT2D eigenvalue weighted by Gasteiger charge is -2.33. The Balaban J connectivity index is 1.58. The Kier molecular flexibility index (Phi) is 7.85. The summed E-state index contributed by atoms with van der Waals surface area (Å²) in [6.45, 7) is 9.95. The van der Waals surface area contributed by atoms with E-state index >= 15 is 0 Å². The molecule has 0 fully saturated rings. The molecule has 2 aromatic carbocycles. The molecule has 1 aliphatic rings. The number of rotatable bonds is 7. The van der Waals surface area contributed by atoms with E-state index in [1.165, 1.54) is 18.0 Å². The second-order valence-electron chi connectivity index (χ2n) is 8.94. The van der Waals surface area contributed by atoms with E-state index in [1.807, 2.05) is 63.2 Å². The Labute approximate surface area is 220 Å². The van der Waals surface area contributed by atoms with E-state index in [1.54, 1.807) is 12.1 Å². The van der Waals surface area contributed by atoms with Gasteiger partial charge in [-0.2, -0.15) is 5.26 Å². The van der Waals surface area contributed by atoms with Crippen molar-refractivity contribution in [1.29, 1.82) is 5.26 Å². The first kappa shape index (κ1) is 25.9. The number of para-hydroxylation sites is 1. The number of nitriles is 1. The van der Waals surface area contributed by atoms with Gasteiger partial charge in [0.05, 0.1) is 40.5 Å². The summed E-state index contributed by atoms with van der Waals surface area (Å²) in [5.41, 5.74) is 5.17.